The van der Waals surface area contributed by atoms with Gasteiger partial charge in [-0.3, -0.25) is 4.79 Å². The van der Waals surface area contributed by atoms with Crippen molar-refractivity contribution in [3.05, 3.63) is 53.1 Å². The van der Waals surface area contributed by atoms with E-state index in [0.29, 0.717) is 22.2 Å². The third kappa shape index (κ3) is 5.89. The number of methoxy groups -OCH3 is 1. The van der Waals surface area contributed by atoms with Crippen LogP contribution in [-0.2, 0) is 14.3 Å². The molecule has 0 saturated heterocycles. The topological polar surface area (TPSA) is 73.9 Å². The maximum atomic E-state index is 12.2. The first-order valence-electron chi connectivity index (χ1n) is 8.87. The van der Waals surface area contributed by atoms with Crippen LogP contribution in [0.1, 0.15) is 32.3 Å². The fraction of sp³-hybridized carbons (Fsp3) is 0.333. The molecule has 2 aromatic carbocycles. The molecule has 2 rings (SSSR count). The zero-order chi connectivity index (χ0) is 20.7. The van der Waals surface area contributed by atoms with Crippen molar-refractivity contribution in [1.29, 1.82) is 0 Å². The van der Waals surface area contributed by atoms with Gasteiger partial charge in [-0.2, -0.15) is 0 Å². The number of carbonyl (C=O) groups is 2. The Balaban J connectivity index is 1.88. The molecule has 1 atom stereocenters. The lowest BCUT2D eigenvalue weighted by Crippen LogP contribution is -2.31. The van der Waals surface area contributed by atoms with Gasteiger partial charge in [0.15, 0.2) is 12.7 Å². The minimum atomic E-state index is -0.989. The number of rotatable bonds is 8. The summed E-state index contributed by atoms with van der Waals surface area (Å²) >= 11 is 6.03. The van der Waals surface area contributed by atoms with Crippen molar-refractivity contribution in [2.45, 2.75) is 32.8 Å². The molecule has 0 fully saturated rings. The second-order valence-electron chi connectivity index (χ2n) is 6.45. The molecular formula is C21H24ClNO5. The van der Waals surface area contributed by atoms with Crippen LogP contribution in [0.3, 0.4) is 0 Å². The van der Waals surface area contributed by atoms with E-state index in [-0.39, 0.29) is 12.5 Å². The molecule has 7 heteroatoms. The van der Waals surface area contributed by atoms with Crippen LogP contribution in [0.4, 0.5) is 5.69 Å². The van der Waals surface area contributed by atoms with Crippen molar-refractivity contribution in [2.24, 2.45) is 0 Å². The van der Waals surface area contributed by atoms with Crippen LogP contribution < -0.4 is 14.8 Å². The Labute approximate surface area is 169 Å². The van der Waals surface area contributed by atoms with Gasteiger partial charge in [0.25, 0.3) is 5.91 Å². The highest BCUT2D eigenvalue weighted by Crippen LogP contribution is 2.27. The van der Waals surface area contributed by atoms with Crippen LogP contribution in [0, 0.1) is 0 Å². The van der Waals surface area contributed by atoms with E-state index >= 15 is 0 Å². The fourth-order valence-electron chi connectivity index (χ4n) is 2.50. The van der Waals surface area contributed by atoms with Crippen LogP contribution in [0.5, 0.6) is 11.5 Å². The fourth-order valence-corrected chi connectivity index (χ4v) is 2.76. The van der Waals surface area contributed by atoms with Gasteiger partial charge in [-0.15, -0.1) is 0 Å². The number of anilines is 1. The summed E-state index contributed by atoms with van der Waals surface area (Å²) in [7, 11) is 1.50. The number of amides is 1. The molecule has 0 bridgehead atoms. The summed E-state index contributed by atoms with van der Waals surface area (Å²) in [5.41, 5.74) is 1.47. The summed E-state index contributed by atoms with van der Waals surface area (Å²) in [6.45, 7) is 5.28. The van der Waals surface area contributed by atoms with E-state index in [1.807, 2.05) is 32.0 Å². The SMILES string of the molecule is COc1ccc(NC(=O)[C@H](C)OC(=O)COc2ccccc2C(C)C)cc1Cl. The first-order valence-corrected chi connectivity index (χ1v) is 9.25. The van der Waals surface area contributed by atoms with E-state index < -0.39 is 18.0 Å². The number of ether oxygens (including phenoxy) is 3. The number of hydrogen-bond donors (Lipinski definition) is 1. The van der Waals surface area contributed by atoms with E-state index in [0.717, 1.165) is 5.56 Å². The van der Waals surface area contributed by atoms with Gasteiger partial charge in [-0.1, -0.05) is 43.6 Å². The van der Waals surface area contributed by atoms with Crippen molar-refractivity contribution in [3.8, 4) is 11.5 Å². The van der Waals surface area contributed by atoms with Gasteiger partial charge < -0.3 is 19.5 Å². The zero-order valence-electron chi connectivity index (χ0n) is 16.3. The van der Waals surface area contributed by atoms with Crippen molar-refractivity contribution in [3.63, 3.8) is 0 Å². The smallest absolute Gasteiger partial charge is 0.344 e. The average molecular weight is 406 g/mol. The van der Waals surface area contributed by atoms with Gasteiger partial charge in [-0.25, -0.2) is 4.79 Å². The first-order chi connectivity index (χ1) is 13.3. The van der Waals surface area contributed by atoms with Crippen LogP contribution in [0.15, 0.2) is 42.5 Å². The number of para-hydroxylation sites is 1. The molecule has 0 saturated carbocycles. The van der Waals surface area contributed by atoms with Gasteiger partial charge >= 0.3 is 5.97 Å². The molecule has 0 aliphatic heterocycles. The van der Waals surface area contributed by atoms with E-state index in [2.05, 4.69) is 5.32 Å². The molecule has 0 spiro atoms. The number of halogens is 1. The second-order valence-corrected chi connectivity index (χ2v) is 6.86. The molecular weight excluding hydrogens is 382 g/mol. The number of carbonyl (C=O) groups excluding carboxylic acids is 2. The molecule has 0 aromatic heterocycles. The third-order valence-corrected chi connectivity index (χ3v) is 4.28. The maximum Gasteiger partial charge on any atom is 0.344 e. The van der Waals surface area contributed by atoms with Crippen LogP contribution in [-0.4, -0.2) is 31.7 Å². The molecule has 0 aliphatic rings. The molecule has 28 heavy (non-hydrogen) atoms. The summed E-state index contributed by atoms with van der Waals surface area (Å²) < 4.78 is 15.8. The molecule has 0 unspecified atom stereocenters. The Morgan fingerprint density at radius 2 is 1.79 bits per heavy atom. The lowest BCUT2D eigenvalue weighted by molar-refractivity contribution is -0.155. The largest absolute Gasteiger partial charge is 0.495 e. The van der Waals surface area contributed by atoms with Gasteiger partial charge in [0.05, 0.1) is 12.1 Å². The van der Waals surface area contributed by atoms with Crippen LogP contribution >= 0.6 is 11.6 Å². The number of nitrogens with one attached hydrogen (secondary N) is 1. The molecule has 150 valence electrons. The van der Waals surface area contributed by atoms with Gasteiger partial charge in [-0.05, 0) is 42.7 Å². The summed E-state index contributed by atoms with van der Waals surface area (Å²) in [6, 6.07) is 12.3. The Morgan fingerprint density at radius 1 is 1.07 bits per heavy atom. The van der Waals surface area contributed by atoms with Crippen molar-refractivity contribution >= 4 is 29.2 Å². The first kappa shape index (κ1) is 21.6. The summed E-state index contributed by atoms with van der Waals surface area (Å²) in [6.07, 6.45) is -0.989. The highest BCUT2D eigenvalue weighted by atomic mass is 35.5. The normalized spacial score (nSPS) is 11.6. The number of benzene rings is 2. The van der Waals surface area contributed by atoms with Gasteiger partial charge in [0.1, 0.15) is 11.5 Å². The van der Waals surface area contributed by atoms with Crippen molar-refractivity contribution < 1.29 is 23.8 Å². The quantitative estimate of drug-likeness (QED) is 0.658. The maximum absolute atomic E-state index is 12.2. The molecule has 0 aliphatic carbocycles. The predicted molar refractivity (Wildman–Crippen MR) is 108 cm³/mol. The molecule has 0 heterocycles. The minimum Gasteiger partial charge on any atom is -0.495 e. The van der Waals surface area contributed by atoms with Gasteiger partial charge in [0, 0.05) is 5.69 Å². The zero-order valence-corrected chi connectivity index (χ0v) is 17.1. The van der Waals surface area contributed by atoms with E-state index in [4.69, 9.17) is 25.8 Å². The minimum absolute atomic E-state index is 0.258. The Kier molecular flexibility index (Phi) is 7.70. The molecule has 1 N–H and O–H groups in total. The lowest BCUT2D eigenvalue weighted by atomic mass is 10.0. The second kappa shape index (κ2) is 9.99. The Morgan fingerprint density at radius 3 is 2.43 bits per heavy atom. The third-order valence-electron chi connectivity index (χ3n) is 3.98. The predicted octanol–water partition coefficient (Wildman–Crippen LogP) is 4.42. The van der Waals surface area contributed by atoms with Crippen LogP contribution in [0.2, 0.25) is 5.02 Å². The molecule has 1 amide bonds. The summed E-state index contributed by atoms with van der Waals surface area (Å²) in [5, 5.41) is 3.00. The van der Waals surface area contributed by atoms with E-state index in [1.165, 1.54) is 14.0 Å². The van der Waals surface area contributed by atoms with E-state index in [9.17, 15) is 9.59 Å². The number of hydrogen-bond acceptors (Lipinski definition) is 5. The molecule has 2 aromatic rings. The summed E-state index contributed by atoms with van der Waals surface area (Å²) in [4.78, 5) is 24.3. The highest BCUT2D eigenvalue weighted by Gasteiger charge is 2.19. The van der Waals surface area contributed by atoms with Crippen molar-refractivity contribution in [1.82, 2.24) is 0 Å². The standard InChI is InChI=1S/C21H24ClNO5/c1-13(2)16-7-5-6-8-18(16)27-12-20(24)28-14(3)21(25)23-15-9-10-19(26-4)17(22)11-15/h5-11,13-14H,12H2,1-4H3,(H,23,25)/t14-/m0/s1. The van der Waals surface area contributed by atoms with Gasteiger partial charge in [0.2, 0.25) is 0 Å². The monoisotopic (exact) mass is 405 g/mol. The average Bonchev–Trinajstić information content (AvgIpc) is 2.66. The molecule has 6 nitrogen and oxygen atoms in total. The summed E-state index contributed by atoms with van der Waals surface area (Å²) in [5.74, 6) is 0.275. The van der Waals surface area contributed by atoms with E-state index in [1.54, 1.807) is 24.3 Å². The Hall–Kier alpha value is -2.73. The number of esters is 1. The highest BCUT2D eigenvalue weighted by molar-refractivity contribution is 6.32. The Bertz CT molecular complexity index is 837. The van der Waals surface area contributed by atoms with Crippen LogP contribution in [0.25, 0.3) is 0 Å². The molecule has 0 radical (unpaired) electrons. The van der Waals surface area contributed by atoms with Crippen molar-refractivity contribution in [2.75, 3.05) is 19.0 Å². The lowest BCUT2D eigenvalue weighted by Gasteiger charge is -2.16.